The van der Waals surface area contributed by atoms with Crippen molar-refractivity contribution in [3.05, 3.63) is 36.4 Å². The second-order valence-electron chi connectivity index (χ2n) is 4.16. The summed E-state index contributed by atoms with van der Waals surface area (Å²) in [5.74, 6) is 0.681. The van der Waals surface area contributed by atoms with E-state index in [2.05, 4.69) is 26.6 Å². The van der Waals surface area contributed by atoms with E-state index in [-0.39, 0.29) is 6.03 Å². The quantitative estimate of drug-likeness (QED) is 0.817. The van der Waals surface area contributed by atoms with Crippen LogP contribution in [0.25, 0.3) is 10.8 Å². The van der Waals surface area contributed by atoms with Crippen molar-refractivity contribution in [3.8, 4) is 5.75 Å². The van der Waals surface area contributed by atoms with E-state index in [1.54, 1.807) is 0 Å². The van der Waals surface area contributed by atoms with Crippen LogP contribution < -0.4 is 15.4 Å². The minimum Gasteiger partial charge on any atom is -0.492 e. The molecule has 0 aliphatic carbocycles. The molecule has 0 atom stereocenters. The topological polar surface area (TPSA) is 50.4 Å². The maximum absolute atomic E-state index is 11.9. The summed E-state index contributed by atoms with van der Waals surface area (Å²) < 4.78 is 5.60. The molecule has 2 aromatic carbocycles. The van der Waals surface area contributed by atoms with Crippen molar-refractivity contribution in [1.82, 2.24) is 5.32 Å². The van der Waals surface area contributed by atoms with E-state index >= 15 is 0 Å². The largest absolute Gasteiger partial charge is 0.492 e. The number of carbonyl (C=O) groups excluding carboxylic acids is 1. The molecule has 0 saturated carbocycles. The number of carbonyl (C=O) groups is 1. The van der Waals surface area contributed by atoms with Crippen LogP contribution in [0.3, 0.4) is 0 Å². The van der Waals surface area contributed by atoms with Crippen LogP contribution >= 0.6 is 15.9 Å². The molecular weight excluding hydrogens is 320 g/mol. The molecule has 0 saturated heterocycles. The summed E-state index contributed by atoms with van der Waals surface area (Å²) in [4.78, 5) is 11.9. The number of amides is 2. The molecule has 2 aromatic rings. The zero-order valence-electron chi connectivity index (χ0n) is 11.3. The predicted molar refractivity (Wildman–Crippen MR) is 85.9 cm³/mol. The molecule has 0 aliphatic rings. The van der Waals surface area contributed by atoms with E-state index in [1.165, 1.54) is 0 Å². The molecule has 2 amide bonds. The highest BCUT2D eigenvalue weighted by molar-refractivity contribution is 9.09. The first-order chi connectivity index (χ1) is 9.76. The molecule has 0 bridgehead atoms. The molecule has 5 heteroatoms. The molecule has 2 N–H and O–H groups in total. The lowest BCUT2D eigenvalue weighted by Gasteiger charge is -2.14. The van der Waals surface area contributed by atoms with Crippen LogP contribution in [-0.2, 0) is 0 Å². The van der Waals surface area contributed by atoms with Crippen molar-refractivity contribution in [2.24, 2.45) is 0 Å². The van der Waals surface area contributed by atoms with Crippen LogP contribution in [0.1, 0.15) is 6.92 Å². The highest BCUT2D eigenvalue weighted by atomic mass is 79.9. The molecule has 0 aromatic heterocycles. The molecule has 0 fully saturated rings. The number of anilines is 1. The standard InChI is InChI=1S/C15H17BrN2O2/c1-2-20-13-8-7-11-5-3-4-6-12(11)14(13)18-15(19)17-10-9-16/h3-8H,2,9-10H2,1H3,(H2,17,18,19). The Morgan fingerprint density at radius 1 is 1.25 bits per heavy atom. The zero-order chi connectivity index (χ0) is 14.4. The molecule has 106 valence electrons. The lowest BCUT2D eigenvalue weighted by Crippen LogP contribution is -2.30. The van der Waals surface area contributed by atoms with E-state index in [0.717, 1.165) is 10.8 Å². The number of hydrogen-bond acceptors (Lipinski definition) is 2. The highest BCUT2D eigenvalue weighted by Crippen LogP contribution is 2.33. The molecule has 0 unspecified atom stereocenters. The SMILES string of the molecule is CCOc1ccc2ccccc2c1NC(=O)NCCBr. The van der Waals surface area contributed by atoms with Crippen molar-refractivity contribution >= 4 is 38.4 Å². The van der Waals surface area contributed by atoms with Crippen molar-refractivity contribution in [2.45, 2.75) is 6.92 Å². The Morgan fingerprint density at radius 3 is 2.80 bits per heavy atom. The van der Waals surface area contributed by atoms with Crippen LogP contribution in [0.2, 0.25) is 0 Å². The van der Waals surface area contributed by atoms with Gasteiger partial charge in [0.25, 0.3) is 0 Å². The molecular formula is C15H17BrN2O2. The summed E-state index contributed by atoms with van der Waals surface area (Å²) in [5, 5.41) is 8.38. The Bertz CT molecular complexity index is 601. The number of nitrogens with one attached hydrogen (secondary N) is 2. The minimum absolute atomic E-state index is 0.234. The second kappa shape index (κ2) is 7.14. The Labute approximate surface area is 126 Å². The number of urea groups is 1. The number of hydrogen-bond donors (Lipinski definition) is 2. The first-order valence-electron chi connectivity index (χ1n) is 6.51. The summed E-state index contributed by atoms with van der Waals surface area (Å²) in [7, 11) is 0. The average Bonchev–Trinajstić information content (AvgIpc) is 2.47. The van der Waals surface area contributed by atoms with Crippen LogP contribution in [0.5, 0.6) is 5.75 Å². The van der Waals surface area contributed by atoms with Gasteiger partial charge in [-0.15, -0.1) is 0 Å². The number of fused-ring (bicyclic) bond motifs is 1. The summed E-state index contributed by atoms with van der Waals surface area (Å²) in [5.41, 5.74) is 0.706. The molecule has 0 aliphatic heterocycles. The van der Waals surface area contributed by atoms with Crippen molar-refractivity contribution < 1.29 is 9.53 Å². The molecule has 4 nitrogen and oxygen atoms in total. The maximum atomic E-state index is 11.9. The highest BCUT2D eigenvalue weighted by Gasteiger charge is 2.11. The number of rotatable bonds is 5. The van der Waals surface area contributed by atoms with Gasteiger partial charge in [-0.05, 0) is 18.4 Å². The first-order valence-corrected chi connectivity index (χ1v) is 7.63. The van der Waals surface area contributed by atoms with Gasteiger partial charge in [-0.1, -0.05) is 46.3 Å². The normalized spacial score (nSPS) is 10.3. The van der Waals surface area contributed by atoms with Crippen LogP contribution in [0, 0.1) is 0 Å². The maximum Gasteiger partial charge on any atom is 0.319 e. The molecule has 20 heavy (non-hydrogen) atoms. The van der Waals surface area contributed by atoms with Crippen LogP contribution in [0.15, 0.2) is 36.4 Å². The van der Waals surface area contributed by atoms with E-state index < -0.39 is 0 Å². The summed E-state index contributed by atoms with van der Waals surface area (Å²) in [6.07, 6.45) is 0. The minimum atomic E-state index is -0.234. The molecule has 0 spiro atoms. The fourth-order valence-corrected chi connectivity index (χ4v) is 2.17. The fraction of sp³-hybridized carbons (Fsp3) is 0.267. The predicted octanol–water partition coefficient (Wildman–Crippen LogP) is 3.75. The lowest BCUT2D eigenvalue weighted by molar-refractivity contribution is 0.252. The first kappa shape index (κ1) is 14.7. The van der Waals surface area contributed by atoms with Crippen molar-refractivity contribution in [2.75, 3.05) is 23.8 Å². The lowest BCUT2D eigenvalue weighted by atomic mass is 10.1. The number of ether oxygens (including phenoxy) is 1. The van der Waals surface area contributed by atoms with Crippen LogP contribution in [0.4, 0.5) is 10.5 Å². The van der Waals surface area contributed by atoms with E-state index in [0.29, 0.717) is 29.9 Å². The number of halogens is 1. The summed E-state index contributed by atoms with van der Waals surface area (Å²) in [6, 6.07) is 11.5. The van der Waals surface area contributed by atoms with Crippen LogP contribution in [-0.4, -0.2) is 24.5 Å². The van der Waals surface area contributed by atoms with Gasteiger partial charge in [0.05, 0.1) is 12.3 Å². The van der Waals surface area contributed by atoms with Crippen molar-refractivity contribution in [3.63, 3.8) is 0 Å². The third kappa shape index (κ3) is 3.42. The van der Waals surface area contributed by atoms with Gasteiger partial charge in [-0.3, -0.25) is 0 Å². The second-order valence-corrected chi connectivity index (χ2v) is 4.96. The summed E-state index contributed by atoms with van der Waals surface area (Å²) in [6.45, 7) is 3.04. The Morgan fingerprint density at radius 2 is 2.05 bits per heavy atom. The average molecular weight is 337 g/mol. The number of benzene rings is 2. The molecule has 0 heterocycles. The molecule has 2 rings (SSSR count). The van der Waals surface area contributed by atoms with Gasteiger partial charge >= 0.3 is 6.03 Å². The Hall–Kier alpha value is -1.75. The third-order valence-electron chi connectivity index (χ3n) is 2.81. The van der Waals surface area contributed by atoms with Gasteiger partial charge in [-0.2, -0.15) is 0 Å². The number of alkyl halides is 1. The Kier molecular flexibility index (Phi) is 5.24. The van der Waals surface area contributed by atoms with Gasteiger partial charge in [-0.25, -0.2) is 4.79 Å². The third-order valence-corrected chi connectivity index (χ3v) is 3.21. The fourth-order valence-electron chi connectivity index (χ4n) is 1.97. The Balaban J connectivity index is 2.36. The van der Waals surface area contributed by atoms with Gasteiger partial charge < -0.3 is 15.4 Å². The smallest absolute Gasteiger partial charge is 0.319 e. The van der Waals surface area contributed by atoms with Gasteiger partial charge in [0.1, 0.15) is 5.75 Å². The van der Waals surface area contributed by atoms with E-state index in [4.69, 9.17) is 4.74 Å². The molecule has 0 radical (unpaired) electrons. The van der Waals surface area contributed by atoms with Gasteiger partial charge in [0.15, 0.2) is 0 Å². The van der Waals surface area contributed by atoms with E-state index in [9.17, 15) is 4.79 Å². The van der Waals surface area contributed by atoms with Crippen molar-refractivity contribution in [1.29, 1.82) is 0 Å². The zero-order valence-corrected chi connectivity index (χ0v) is 12.9. The van der Waals surface area contributed by atoms with Gasteiger partial charge in [0, 0.05) is 17.3 Å². The summed E-state index contributed by atoms with van der Waals surface area (Å²) >= 11 is 3.28. The monoisotopic (exact) mass is 336 g/mol. The van der Waals surface area contributed by atoms with E-state index in [1.807, 2.05) is 43.3 Å². The van der Waals surface area contributed by atoms with Gasteiger partial charge in [0.2, 0.25) is 0 Å².